The molecule has 0 saturated carbocycles. The van der Waals surface area contributed by atoms with Crippen LogP contribution in [0.4, 0.5) is 0 Å². The molecule has 0 aliphatic rings. The first-order valence-corrected chi connectivity index (χ1v) is 4.67. The van der Waals surface area contributed by atoms with Crippen molar-refractivity contribution in [1.82, 2.24) is 5.32 Å². The maximum absolute atomic E-state index is 3.97. The number of unbranched alkanes of at least 4 members (excludes halogenated alkanes) is 2. The summed E-state index contributed by atoms with van der Waals surface area (Å²) in [5.41, 5.74) is 0. The lowest BCUT2D eigenvalue weighted by atomic mass is 10.2. The molecular formula is C10H21N. The second-order valence-corrected chi connectivity index (χ2v) is 3.00. The van der Waals surface area contributed by atoms with E-state index < -0.39 is 0 Å². The molecule has 0 amide bonds. The predicted octanol–water partition coefficient (Wildman–Crippen LogP) is 2.58. The van der Waals surface area contributed by atoms with Gasteiger partial charge in [0.2, 0.25) is 0 Å². The summed E-state index contributed by atoms with van der Waals surface area (Å²) < 4.78 is 0. The summed E-state index contributed by atoms with van der Waals surface area (Å²) in [5, 5.41) is 3.37. The van der Waals surface area contributed by atoms with E-state index in [0.29, 0.717) is 6.04 Å². The van der Waals surface area contributed by atoms with E-state index >= 15 is 0 Å². The van der Waals surface area contributed by atoms with Gasteiger partial charge in [-0.05, 0) is 26.3 Å². The van der Waals surface area contributed by atoms with E-state index in [1.54, 1.807) is 0 Å². The second kappa shape index (κ2) is 8.06. The van der Waals surface area contributed by atoms with Gasteiger partial charge in [-0.25, -0.2) is 0 Å². The number of hydrogen-bond acceptors (Lipinski definition) is 1. The van der Waals surface area contributed by atoms with Crippen LogP contribution in [0.3, 0.4) is 0 Å². The zero-order valence-electron chi connectivity index (χ0n) is 7.73. The topological polar surface area (TPSA) is 12.0 Å². The molecule has 0 spiro atoms. The third-order valence-corrected chi connectivity index (χ3v) is 1.77. The summed E-state index contributed by atoms with van der Waals surface area (Å²) in [6.45, 7) is 11.1. The molecule has 0 aliphatic heterocycles. The highest BCUT2D eigenvalue weighted by molar-refractivity contribution is 4.68. The fourth-order valence-corrected chi connectivity index (χ4v) is 1.03. The van der Waals surface area contributed by atoms with Gasteiger partial charge in [0.05, 0.1) is 0 Å². The van der Waals surface area contributed by atoms with Crippen LogP contribution >= 0.6 is 0 Å². The van der Waals surface area contributed by atoms with Crippen LogP contribution in [-0.4, -0.2) is 12.6 Å². The van der Waals surface area contributed by atoms with Gasteiger partial charge < -0.3 is 5.32 Å². The van der Waals surface area contributed by atoms with Crippen molar-refractivity contribution in [1.29, 1.82) is 0 Å². The van der Waals surface area contributed by atoms with Crippen molar-refractivity contribution in [2.45, 2.75) is 45.1 Å². The zero-order valence-corrected chi connectivity index (χ0v) is 7.73. The summed E-state index contributed by atoms with van der Waals surface area (Å²) >= 11 is 0. The minimum Gasteiger partial charge on any atom is -0.314 e. The first-order valence-electron chi connectivity index (χ1n) is 4.67. The fourth-order valence-electron chi connectivity index (χ4n) is 1.03. The van der Waals surface area contributed by atoms with Gasteiger partial charge in [-0.1, -0.05) is 33.1 Å². The van der Waals surface area contributed by atoms with Gasteiger partial charge in [0.15, 0.2) is 0 Å². The number of hydrogen-bond donors (Lipinski definition) is 1. The molecule has 0 aromatic heterocycles. The summed E-state index contributed by atoms with van der Waals surface area (Å²) in [5.74, 6) is 0. The molecule has 1 N–H and O–H groups in total. The molecule has 0 aromatic carbocycles. The predicted molar refractivity (Wildman–Crippen MR) is 51.3 cm³/mol. The van der Waals surface area contributed by atoms with Crippen LogP contribution in [0.25, 0.3) is 0 Å². The van der Waals surface area contributed by atoms with Crippen molar-refractivity contribution < 1.29 is 0 Å². The Hall–Kier alpha value is -0.0400. The molecule has 66 valence electrons. The molecule has 1 nitrogen and oxygen atoms in total. The molecule has 0 bridgehead atoms. The fraction of sp³-hybridized carbons (Fsp3) is 0.800. The highest BCUT2D eigenvalue weighted by atomic mass is 14.9. The van der Waals surface area contributed by atoms with E-state index in [0.717, 1.165) is 19.4 Å². The van der Waals surface area contributed by atoms with E-state index in [4.69, 9.17) is 0 Å². The average Bonchev–Trinajstić information content (AvgIpc) is 1.99. The van der Waals surface area contributed by atoms with E-state index in [1.165, 1.54) is 19.3 Å². The van der Waals surface area contributed by atoms with Gasteiger partial charge in [-0.2, -0.15) is 0 Å². The molecule has 11 heavy (non-hydrogen) atoms. The molecule has 0 aliphatic carbocycles. The van der Waals surface area contributed by atoms with E-state index in [-0.39, 0.29) is 0 Å². The van der Waals surface area contributed by atoms with Crippen molar-refractivity contribution in [3.63, 3.8) is 0 Å². The number of rotatable bonds is 7. The van der Waals surface area contributed by atoms with Crippen molar-refractivity contribution in [3.8, 4) is 0 Å². The Kier molecular flexibility index (Phi) is 8.03. The first kappa shape index (κ1) is 11.0. The average molecular weight is 155 g/mol. The van der Waals surface area contributed by atoms with Gasteiger partial charge in [0.25, 0.3) is 0 Å². The largest absolute Gasteiger partial charge is 0.314 e. The standard InChI is InChI=1S/C10H21N/c1-4-6-7-9-11-10(3)8-5-2/h10-11H,2-9H2,1H3. The maximum Gasteiger partial charge on any atom is 0.00676 e. The Balaban J connectivity index is 2.97. The van der Waals surface area contributed by atoms with Crippen molar-refractivity contribution in [2.24, 2.45) is 0 Å². The zero-order chi connectivity index (χ0) is 8.53. The molecule has 1 atom stereocenters. The molecular weight excluding hydrogens is 134 g/mol. The molecule has 0 rings (SSSR count). The maximum atomic E-state index is 3.97. The van der Waals surface area contributed by atoms with Gasteiger partial charge in [-0.3, -0.25) is 0 Å². The van der Waals surface area contributed by atoms with E-state index in [2.05, 4.69) is 26.1 Å². The lowest BCUT2D eigenvalue weighted by Gasteiger charge is -2.11. The van der Waals surface area contributed by atoms with E-state index in [1.807, 2.05) is 0 Å². The Morgan fingerprint density at radius 2 is 2.09 bits per heavy atom. The van der Waals surface area contributed by atoms with Crippen molar-refractivity contribution >= 4 is 0 Å². The van der Waals surface area contributed by atoms with Gasteiger partial charge >= 0.3 is 0 Å². The normalized spacial score (nSPS) is 13.4. The molecule has 1 heteroatoms. The van der Waals surface area contributed by atoms with Gasteiger partial charge in [0.1, 0.15) is 0 Å². The van der Waals surface area contributed by atoms with Crippen LogP contribution in [0, 0.1) is 13.8 Å². The summed E-state index contributed by atoms with van der Waals surface area (Å²) in [7, 11) is 0. The minimum absolute atomic E-state index is 0.407. The van der Waals surface area contributed by atoms with Crippen LogP contribution < -0.4 is 5.32 Å². The molecule has 1 unspecified atom stereocenters. The molecule has 2 radical (unpaired) electrons. The minimum atomic E-state index is 0.407. The first-order chi connectivity index (χ1) is 5.31. The Morgan fingerprint density at radius 1 is 1.36 bits per heavy atom. The van der Waals surface area contributed by atoms with Gasteiger partial charge in [-0.15, -0.1) is 0 Å². The molecule has 0 aromatic rings. The van der Waals surface area contributed by atoms with Crippen molar-refractivity contribution in [3.05, 3.63) is 13.8 Å². The van der Waals surface area contributed by atoms with Crippen LogP contribution in [0.5, 0.6) is 0 Å². The Morgan fingerprint density at radius 3 is 2.64 bits per heavy atom. The Labute approximate surface area is 71.6 Å². The second-order valence-electron chi connectivity index (χ2n) is 3.00. The highest BCUT2D eigenvalue weighted by Gasteiger charge is 1.97. The van der Waals surface area contributed by atoms with Crippen LogP contribution in [0.1, 0.15) is 39.0 Å². The quantitative estimate of drug-likeness (QED) is 0.557. The lowest BCUT2D eigenvalue weighted by molar-refractivity contribution is 0.533. The SMILES string of the molecule is [CH2]CCC([CH2])NCCCCC. The third-order valence-electron chi connectivity index (χ3n) is 1.77. The van der Waals surface area contributed by atoms with Gasteiger partial charge in [0, 0.05) is 6.04 Å². The number of nitrogens with one attached hydrogen (secondary N) is 1. The summed E-state index contributed by atoms with van der Waals surface area (Å²) in [6, 6.07) is 0.407. The third kappa shape index (κ3) is 7.86. The highest BCUT2D eigenvalue weighted by Crippen LogP contribution is 1.96. The molecule has 0 fully saturated rings. The van der Waals surface area contributed by atoms with E-state index in [9.17, 15) is 0 Å². The lowest BCUT2D eigenvalue weighted by Crippen LogP contribution is -2.26. The van der Waals surface area contributed by atoms with Crippen molar-refractivity contribution in [2.75, 3.05) is 6.54 Å². The molecule has 0 heterocycles. The molecule has 0 saturated heterocycles. The van der Waals surface area contributed by atoms with Crippen LogP contribution in [0.2, 0.25) is 0 Å². The monoisotopic (exact) mass is 155 g/mol. The summed E-state index contributed by atoms with van der Waals surface area (Å²) in [4.78, 5) is 0. The summed E-state index contributed by atoms with van der Waals surface area (Å²) in [6.07, 6.45) is 5.96. The van der Waals surface area contributed by atoms with Crippen LogP contribution in [0.15, 0.2) is 0 Å². The smallest absolute Gasteiger partial charge is 0.00676 e. The van der Waals surface area contributed by atoms with Crippen LogP contribution in [-0.2, 0) is 0 Å². The Bertz CT molecular complexity index is 71.3.